The normalized spacial score (nSPS) is 20.2. The van der Waals surface area contributed by atoms with Gasteiger partial charge in [0.15, 0.2) is 5.96 Å². The molecule has 1 atom stereocenters. The molecule has 0 radical (unpaired) electrons. The van der Waals surface area contributed by atoms with E-state index in [1.54, 1.807) is 0 Å². The van der Waals surface area contributed by atoms with Crippen molar-refractivity contribution in [3.05, 3.63) is 29.3 Å². The minimum atomic E-state index is 0.508. The first-order chi connectivity index (χ1) is 12.7. The lowest BCUT2D eigenvalue weighted by atomic mass is 10.1. The zero-order chi connectivity index (χ0) is 18.2. The van der Waals surface area contributed by atoms with Gasteiger partial charge in [0.25, 0.3) is 0 Å². The summed E-state index contributed by atoms with van der Waals surface area (Å²) in [6, 6.07) is 6.38. The van der Waals surface area contributed by atoms with Crippen LogP contribution in [-0.2, 0) is 11.3 Å². The molecule has 2 N–H and O–H groups in total. The summed E-state index contributed by atoms with van der Waals surface area (Å²) in [5.41, 5.74) is 2.35. The molecular formula is C21H33N3O2. The number of benzene rings is 1. The summed E-state index contributed by atoms with van der Waals surface area (Å²) in [6.45, 7) is 9.08. The van der Waals surface area contributed by atoms with E-state index in [1.807, 2.05) is 0 Å². The van der Waals surface area contributed by atoms with Gasteiger partial charge in [0.2, 0.25) is 0 Å². The third kappa shape index (κ3) is 6.20. The van der Waals surface area contributed by atoms with Crippen LogP contribution in [0, 0.1) is 18.8 Å². The maximum Gasteiger partial charge on any atom is 0.191 e. The minimum absolute atomic E-state index is 0.508. The van der Waals surface area contributed by atoms with Crippen molar-refractivity contribution in [2.24, 2.45) is 16.8 Å². The van der Waals surface area contributed by atoms with Gasteiger partial charge < -0.3 is 20.1 Å². The minimum Gasteiger partial charge on any atom is -0.493 e. The van der Waals surface area contributed by atoms with Crippen LogP contribution in [-0.4, -0.2) is 38.9 Å². The van der Waals surface area contributed by atoms with Crippen molar-refractivity contribution >= 4 is 5.96 Å². The largest absolute Gasteiger partial charge is 0.493 e. The molecule has 0 amide bonds. The van der Waals surface area contributed by atoms with Gasteiger partial charge in [0.05, 0.1) is 19.8 Å². The molecule has 1 unspecified atom stereocenters. The van der Waals surface area contributed by atoms with Gasteiger partial charge in [-0.2, -0.15) is 0 Å². The molecule has 1 aliphatic heterocycles. The standard InChI is InChI=1S/C21H33N3O2/c1-3-22-21(23-10-8-17-5-6-17)24-13-19-7-4-16(2)12-20(19)26-15-18-9-11-25-14-18/h4,7,12,17-18H,3,5-6,8-11,13-15H2,1-2H3,(H2,22,23,24). The highest BCUT2D eigenvalue weighted by Crippen LogP contribution is 2.31. The molecule has 144 valence electrons. The number of hydrogen-bond acceptors (Lipinski definition) is 3. The molecule has 0 aromatic heterocycles. The van der Waals surface area contributed by atoms with Crippen LogP contribution in [0.15, 0.2) is 23.2 Å². The predicted octanol–water partition coefficient (Wildman–Crippen LogP) is 3.27. The number of rotatable bonds is 9. The van der Waals surface area contributed by atoms with Crippen molar-refractivity contribution in [2.75, 3.05) is 32.9 Å². The molecule has 1 aliphatic carbocycles. The lowest BCUT2D eigenvalue weighted by molar-refractivity contribution is 0.166. The van der Waals surface area contributed by atoms with Gasteiger partial charge in [-0.05, 0) is 44.2 Å². The Morgan fingerprint density at radius 3 is 2.85 bits per heavy atom. The summed E-state index contributed by atoms with van der Waals surface area (Å²) in [7, 11) is 0. The Hall–Kier alpha value is -1.75. The van der Waals surface area contributed by atoms with E-state index in [2.05, 4.69) is 42.7 Å². The van der Waals surface area contributed by atoms with Gasteiger partial charge in [-0.1, -0.05) is 25.0 Å². The van der Waals surface area contributed by atoms with Crippen LogP contribution in [0.25, 0.3) is 0 Å². The zero-order valence-corrected chi connectivity index (χ0v) is 16.2. The Bertz CT molecular complexity index is 593. The highest BCUT2D eigenvalue weighted by Gasteiger charge is 2.20. The van der Waals surface area contributed by atoms with Crippen LogP contribution >= 0.6 is 0 Å². The SMILES string of the molecule is CCNC(=NCc1ccc(C)cc1OCC1CCOC1)NCCC1CC1. The second-order valence-electron chi connectivity index (χ2n) is 7.51. The number of guanidine groups is 1. The van der Waals surface area contributed by atoms with Crippen molar-refractivity contribution in [3.63, 3.8) is 0 Å². The van der Waals surface area contributed by atoms with Crippen molar-refractivity contribution in [2.45, 2.75) is 46.1 Å². The van der Waals surface area contributed by atoms with E-state index in [0.29, 0.717) is 12.5 Å². The quantitative estimate of drug-likeness (QED) is 0.525. The lowest BCUT2D eigenvalue weighted by Gasteiger charge is -2.15. The van der Waals surface area contributed by atoms with Crippen LogP contribution in [0.1, 0.15) is 43.7 Å². The summed E-state index contributed by atoms with van der Waals surface area (Å²) in [6.07, 6.45) is 5.12. The predicted molar refractivity (Wildman–Crippen MR) is 106 cm³/mol. The number of aryl methyl sites for hydroxylation is 1. The van der Waals surface area contributed by atoms with Crippen LogP contribution in [0.4, 0.5) is 0 Å². The Labute approximate surface area is 157 Å². The third-order valence-corrected chi connectivity index (χ3v) is 5.01. The first-order valence-electron chi connectivity index (χ1n) is 10.1. The summed E-state index contributed by atoms with van der Waals surface area (Å²) in [4.78, 5) is 4.76. The van der Waals surface area contributed by atoms with E-state index in [1.165, 1.54) is 24.8 Å². The van der Waals surface area contributed by atoms with Crippen molar-refractivity contribution in [3.8, 4) is 5.75 Å². The molecule has 3 rings (SSSR count). The molecule has 0 spiro atoms. The Morgan fingerprint density at radius 1 is 1.23 bits per heavy atom. The molecule has 1 aromatic carbocycles. The number of ether oxygens (including phenoxy) is 2. The molecule has 0 bridgehead atoms. The molecule has 5 nitrogen and oxygen atoms in total. The summed E-state index contributed by atoms with van der Waals surface area (Å²) in [5.74, 6) is 3.29. The second kappa shape index (κ2) is 9.81. The van der Waals surface area contributed by atoms with E-state index in [4.69, 9.17) is 14.5 Å². The molecule has 1 saturated carbocycles. The maximum atomic E-state index is 6.12. The molecule has 1 heterocycles. The first-order valence-corrected chi connectivity index (χ1v) is 10.1. The molecule has 2 aliphatic rings. The molecular weight excluding hydrogens is 326 g/mol. The number of nitrogens with zero attached hydrogens (tertiary/aromatic N) is 1. The fourth-order valence-electron chi connectivity index (χ4n) is 3.16. The summed E-state index contributed by atoms with van der Waals surface area (Å²) in [5, 5.41) is 6.79. The summed E-state index contributed by atoms with van der Waals surface area (Å²) >= 11 is 0. The topological polar surface area (TPSA) is 54.9 Å². The molecule has 5 heteroatoms. The van der Waals surface area contributed by atoms with Crippen LogP contribution in [0.2, 0.25) is 0 Å². The van der Waals surface area contributed by atoms with E-state index < -0.39 is 0 Å². The molecule has 1 aromatic rings. The Balaban J connectivity index is 1.57. The lowest BCUT2D eigenvalue weighted by Crippen LogP contribution is -2.37. The fourth-order valence-corrected chi connectivity index (χ4v) is 3.16. The maximum absolute atomic E-state index is 6.12. The highest BCUT2D eigenvalue weighted by molar-refractivity contribution is 5.79. The third-order valence-electron chi connectivity index (χ3n) is 5.01. The van der Waals surface area contributed by atoms with E-state index in [-0.39, 0.29) is 0 Å². The van der Waals surface area contributed by atoms with Gasteiger partial charge in [-0.25, -0.2) is 4.99 Å². The molecule has 2 fully saturated rings. The summed E-state index contributed by atoms with van der Waals surface area (Å²) < 4.78 is 11.6. The zero-order valence-electron chi connectivity index (χ0n) is 16.2. The van der Waals surface area contributed by atoms with Crippen LogP contribution in [0.5, 0.6) is 5.75 Å². The van der Waals surface area contributed by atoms with E-state index in [9.17, 15) is 0 Å². The average Bonchev–Trinajstić information content (AvgIpc) is 3.31. The Morgan fingerprint density at radius 2 is 2.12 bits per heavy atom. The smallest absolute Gasteiger partial charge is 0.191 e. The number of hydrogen-bond donors (Lipinski definition) is 2. The van der Waals surface area contributed by atoms with Gasteiger partial charge in [-0.3, -0.25) is 0 Å². The molecule has 1 saturated heterocycles. The van der Waals surface area contributed by atoms with E-state index in [0.717, 1.165) is 62.5 Å². The molecule has 26 heavy (non-hydrogen) atoms. The Kier molecular flexibility index (Phi) is 7.18. The van der Waals surface area contributed by atoms with Gasteiger partial charge >= 0.3 is 0 Å². The van der Waals surface area contributed by atoms with Crippen molar-refractivity contribution < 1.29 is 9.47 Å². The second-order valence-corrected chi connectivity index (χ2v) is 7.51. The van der Waals surface area contributed by atoms with E-state index >= 15 is 0 Å². The van der Waals surface area contributed by atoms with Gasteiger partial charge in [0, 0.05) is 31.2 Å². The fraction of sp³-hybridized carbons (Fsp3) is 0.667. The number of nitrogens with one attached hydrogen (secondary N) is 2. The van der Waals surface area contributed by atoms with Crippen LogP contribution < -0.4 is 15.4 Å². The monoisotopic (exact) mass is 359 g/mol. The van der Waals surface area contributed by atoms with Gasteiger partial charge in [0.1, 0.15) is 5.75 Å². The van der Waals surface area contributed by atoms with Crippen molar-refractivity contribution in [1.82, 2.24) is 10.6 Å². The van der Waals surface area contributed by atoms with Crippen molar-refractivity contribution in [1.29, 1.82) is 0 Å². The average molecular weight is 360 g/mol. The highest BCUT2D eigenvalue weighted by atomic mass is 16.5. The first kappa shape index (κ1) is 19.0. The number of aliphatic imine (C=N–C) groups is 1. The van der Waals surface area contributed by atoms with Gasteiger partial charge in [-0.15, -0.1) is 0 Å². The van der Waals surface area contributed by atoms with Crippen LogP contribution in [0.3, 0.4) is 0 Å².